The van der Waals surface area contributed by atoms with E-state index in [0.717, 1.165) is 35.9 Å². The highest BCUT2D eigenvalue weighted by Gasteiger charge is 2.31. The number of benzene rings is 2. The minimum absolute atomic E-state index is 0.0410. The van der Waals surface area contributed by atoms with E-state index in [0.29, 0.717) is 57.1 Å². The summed E-state index contributed by atoms with van der Waals surface area (Å²) in [5.74, 6) is -1.28. The lowest BCUT2D eigenvalue weighted by atomic mass is 10.0. The van der Waals surface area contributed by atoms with Crippen LogP contribution >= 0.6 is 0 Å². The van der Waals surface area contributed by atoms with Crippen LogP contribution in [-0.4, -0.2) is 71.1 Å². The number of carbonyl (C=O) groups is 4. The number of imide groups is 1. The van der Waals surface area contributed by atoms with Crippen molar-refractivity contribution in [1.29, 1.82) is 0 Å². The Bertz CT molecular complexity index is 1820. The van der Waals surface area contributed by atoms with Crippen LogP contribution in [0.1, 0.15) is 82.5 Å². The van der Waals surface area contributed by atoms with Crippen LogP contribution in [0.25, 0.3) is 11.0 Å². The summed E-state index contributed by atoms with van der Waals surface area (Å²) >= 11 is 0. The van der Waals surface area contributed by atoms with Crippen molar-refractivity contribution in [2.45, 2.75) is 97.0 Å². The number of nitrogens with two attached hydrogens (primary N) is 1. The quantitative estimate of drug-likeness (QED) is 0.121. The first-order valence-electron chi connectivity index (χ1n) is 18.1. The minimum atomic E-state index is -0.707. The molecule has 3 aromatic rings. The molecule has 14 heteroatoms. The number of aryl methyl sites for hydroxylation is 3. The number of fused-ring (bicyclic) bond motifs is 1. The fraction of sp³-hybridized carbons (Fsp3) is 0.513. The van der Waals surface area contributed by atoms with E-state index in [1.54, 1.807) is 39.3 Å². The molecule has 1 fully saturated rings. The maximum atomic E-state index is 13.1. The molecule has 0 bridgehead atoms. The molecule has 0 aliphatic carbocycles. The van der Waals surface area contributed by atoms with Crippen LogP contribution in [0.15, 0.2) is 59.0 Å². The first kappa shape index (κ1) is 41.0. The Morgan fingerprint density at radius 1 is 0.981 bits per heavy atom. The lowest BCUT2D eigenvalue weighted by Crippen LogP contribution is -2.44. The summed E-state index contributed by atoms with van der Waals surface area (Å²) < 4.78 is 25.9. The van der Waals surface area contributed by atoms with Gasteiger partial charge in [-0.15, -0.1) is 0 Å². The van der Waals surface area contributed by atoms with Crippen LogP contribution in [0, 0.1) is 0 Å². The topological polar surface area (TPSA) is 182 Å². The average molecular weight is 736 g/mol. The standard InChI is InChI=1S/C39H53N5O9/c1-26(30(17-19-33(40)45)41-37(48)53-39(2,3)4)52-25-28-15-13-27(14-16-28)9-7-21-50-23-24-51-22-8-11-29-10-6-12-31-35(29)43(5)38(49)44(31)32-18-20-34(46)42-36(32)47/h6,10,12-17,26,32H,7-9,11,18-25H2,1-5H3,(H2,40,45)(H,41,48)(H,42,46,47)/b30-17-/t26-,32?/m1/s1. The molecule has 1 unspecified atom stereocenters. The number of aromatic nitrogens is 2. The van der Waals surface area contributed by atoms with Crippen molar-refractivity contribution in [3.63, 3.8) is 0 Å². The molecule has 4 rings (SSSR count). The van der Waals surface area contributed by atoms with Crippen LogP contribution in [-0.2, 0) is 59.8 Å². The average Bonchev–Trinajstić information content (AvgIpc) is 3.35. The van der Waals surface area contributed by atoms with E-state index in [1.807, 2.05) is 30.3 Å². The van der Waals surface area contributed by atoms with Gasteiger partial charge < -0.3 is 24.7 Å². The smallest absolute Gasteiger partial charge is 0.411 e. The molecule has 53 heavy (non-hydrogen) atoms. The van der Waals surface area contributed by atoms with Crippen LogP contribution in [0.5, 0.6) is 0 Å². The maximum Gasteiger partial charge on any atom is 0.411 e. The molecule has 2 aromatic carbocycles. The zero-order valence-corrected chi connectivity index (χ0v) is 31.4. The van der Waals surface area contributed by atoms with Crippen LogP contribution in [0.2, 0.25) is 0 Å². The number of amides is 4. The van der Waals surface area contributed by atoms with Gasteiger partial charge >= 0.3 is 11.8 Å². The third kappa shape index (κ3) is 12.4. The molecular formula is C39H53N5O9. The molecule has 14 nitrogen and oxygen atoms in total. The number of ether oxygens (including phenoxy) is 4. The maximum absolute atomic E-state index is 13.1. The van der Waals surface area contributed by atoms with Gasteiger partial charge in [-0.25, -0.2) is 9.59 Å². The van der Waals surface area contributed by atoms with E-state index in [2.05, 4.69) is 22.8 Å². The number of nitrogens with one attached hydrogen (secondary N) is 2. The second-order valence-corrected chi connectivity index (χ2v) is 14.1. The van der Waals surface area contributed by atoms with Gasteiger partial charge in [0.1, 0.15) is 11.6 Å². The van der Waals surface area contributed by atoms with E-state index >= 15 is 0 Å². The number of nitrogens with zero attached hydrogens (tertiary/aromatic N) is 2. The van der Waals surface area contributed by atoms with E-state index in [9.17, 15) is 24.0 Å². The summed E-state index contributed by atoms with van der Waals surface area (Å²) in [4.78, 5) is 60.9. The van der Waals surface area contributed by atoms with E-state index in [4.69, 9.17) is 24.7 Å². The number of hydrogen-bond donors (Lipinski definition) is 3. The zero-order valence-electron chi connectivity index (χ0n) is 31.4. The summed E-state index contributed by atoms with van der Waals surface area (Å²) in [6.07, 6.45) is 4.03. The predicted octanol–water partition coefficient (Wildman–Crippen LogP) is 4.11. The van der Waals surface area contributed by atoms with Crippen molar-refractivity contribution in [1.82, 2.24) is 19.8 Å². The Balaban J connectivity index is 1.12. The summed E-state index contributed by atoms with van der Waals surface area (Å²) in [5, 5.41) is 5.02. The molecule has 0 spiro atoms. The van der Waals surface area contributed by atoms with Gasteiger partial charge in [0.2, 0.25) is 17.7 Å². The SMILES string of the molecule is C[C@@H](OCc1ccc(CCCOCCOCCCc2cccc3c2n(C)c(=O)n3C2CCC(=O)NC2=O)cc1)/C(=C/CC(N)=O)NC(=O)OC(C)(C)C. The molecule has 2 heterocycles. The number of alkyl carbamates (subject to hydrolysis) is 1. The molecule has 1 aliphatic heterocycles. The molecule has 2 atom stereocenters. The highest BCUT2D eigenvalue weighted by molar-refractivity contribution is 6.00. The van der Waals surface area contributed by atoms with Gasteiger partial charge in [0, 0.05) is 38.8 Å². The van der Waals surface area contributed by atoms with Gasteiger partial charge in [0.05, 0.1) is 37.0 Å². The first-order valence-corrected chi connectivity index (χ1v) is 18.1. The highest BCUT2D eigenvalue weighted by atomic mass is 16.6. The lowest BCUT2D eigenvalue weighted by Gasteiger charge is -2.23. The fourth-order valence-electron chi connectivity index (χ4n) is 6.08. The van der Waals surface area contributed by atoms with Gasteiger partial charge in [-0.3, -0.25) is 34.2 Å². The van der Waals surface area contributed by atoms with Crippen LogP contribution in [0.4, 0.5) is 4.79 Å². The monoisotopic (exact) mass is 735 g/mol. The molecule has 4 amide bonds. The van der Waals surface area contributed by atoms with Crippen LogP contribution < -0.4 is 22.1 Å². The van der Waals surface area contributed by atoms with Crippen molar-refractivity contribution in [3.8, 4) is 0 Å². The normalized spacial score (nSPS) is 15.7. The minimum Gasteiger partial charge on any atom is -0.444 e. The number of primary amides is 1. The molecule has 0 radical (unpaired) electrons. The molecule has 288 valence electrons. The second kappa shape index (κ2) is 19.3. The Labute approximate surface area is 310 Å². The third-order valence-electron chi connectivity index (χ3n) is 8.70. The third-order valence-corrected chi connectivity index (χ3v) is 8.70. The Morgan fingerprint density at radius 3 is 2.28 bits per heavy atom. The van der Waals surface area contributed by atoms with E-state index in [1.165, 1.54) is 16.2 Å². The zero-order chi connectivity index (χ0) is 38.5. The number of hydrogen-bond acceptors (Lipinski definition) is 9. The second-order valence-electron chi connectivity index (χ2n) is 14.1. The van der Waals surface area contributed by atoms with Gasteiger partial charge in [-0.2, -0.15) is 0 Å². The Hall–Kier alpha value is -4.79. The molecule has 1 aromatic heterocycles. The number of piperidine rings is 1. The first-order chi connectivity index (χ1) is 25.2. The van der Waals surface area contributed by atoms with Crippen molar-refractivity contribution in [2.24, 2.45) is 12.8 Å². The van der Waals surface area contributed by atoms with Crippen molar-refractivity contribution >= 4 is 34.8 Å². The summed E-state index contributed by atoms with van der Waals surface area (Å²) in [6.45, 7) is 9.51. The summed E-state index contributed by atoms with van der Waals surface area (Å²) in [5.41, 5.74) is 9.36. The number of imidazole rings is 1. The fourth-order valence-corrected chi connectivity index (χ4v) is 6.08. The van der Waals surface area contributed by atoms with Gasteiger partial charge in [-0.05, 0) is 82.6 Å². The van der Waals surface area contributed by atoms with E-state index in [-0.39, 0.29) is 24.4 Å². The Kier molecular flexibility index (Phi) is 14.9. The van der Waals surface area contributed by atoms with Crippen molar-refractivity contribution < 1.29 is 38.1 Å². The van der Waals surface area contributed by atoms with Crippen molar-refractivity contribution in [3.05, 3.63) is 81.4 Å². The van der Waals surface area contributed by atoms with Crippen LogP contribution in [0.3, 0.4) is 0 Å². The van der Waals surface area contributed by atoms with Gasteiger partial charge in [0.25, 0.3) is 0 Å². The Morgan fingerprint density at radius 2 is 1.64 bits per heavy atom. The molecule has 1 aliphatic rings. The highest BCUT2D eigenvalue weighted by Crippen LogP contribution is 2.25. The van der Waals surface area contributed by atoms with Gasteiger partial charge in [-0.1, -0.05) is 42.5 Å². The number of para-hydroxylation sites is 1. The lowest BCUT2D eigenvalue weighted by molar-refractivity contribution is -0.135. The largest absolute Gasteiger partial charge is 0.444 e. The van der Waals surface area contributed by atoms with Crippen molar-refractivity contribution in [2.75, 3.05) is 26.4 Å². The van der Waals surface area contributed by atoms with Gasteiger partial charge in [0.15, 0.2) is 0 Å². The summed E-state index contributed by atoms with van der Waals surface area (Å²) in [7, 11) is 1.71. The number of rotatable bonds is 19. The molecular weight excluding hydrogens is 682 g/mol. The number of carbonyl (C=O) groups excluding carboxylic acids is 4. The predicted molar refractivity (Wildman–Crippen MR) is 199 cm³/mol. The molecule has 0 saturated carbocycles. The summed E-state index contributed by atoms with van der Waals surface area (Å²) in [6, 6.07) is 13.1. The molecule has 1 saturated heterocycles. The van der Waals surface area contributed by atoms with E-state index < -0.39 is 35.7 Å². The molecule has 4 N–H and O–H groups in total.